The Morgan fingerprint density at radius 1 is 1.06 bits per heavy atom. The maximum Gasteiger partial charge on any atom is 0.266 e. The van der Waals surface area contributed by atoms with Gasteiger partial charge in [-0.25, -0.2) is 4.98 Å². The predicted molar refractivity (Wildman–Crippen MR) is 147 cm³/mol. The zero-order chi connectivity index (χ0) is 24.4. The van der Waals surface area contributed by atoms with Crippen LogP contribution in [0.15, 0.2) is 79.6 Å². The van der Waals surface area contributed by atoms with Gasteiger partial charge in [-0.2, -0.15) is 0 Å². The second kappa shape index (κ2) is 10.5. The van der Waals surface area contributed by atoms with Crippen LogP contribution in [0.4, 0.5) is 5.69 Å². The molecule has 1 aromatic heterocycles. The van der Waals surface area contributed by atoms with Gasteiger partial charge in [0.25, 0.3) is 5.56 Å². The van der Waals surface area contributed by atoms with Gasteiger partial charge in [0, 0.05) is 8.95 Å². The van der Waals surface area contributed by atoms with Gasteiger partial charge >= 0.3 is 0 Å². The van der Waals surface area contributed by atoms with Crippen LogP contribution in [0.25, 0.3) is 16.6 Å². The van der Waals surface area contributed by atoms with Crippen molar-refractivity contribution in [2.24, 2.45) is 0 Å². The van der Waals surface area contributed by atoms with E-state index in [0.717, 1.165) is 20.2 Å². The number of rotatable bonds is 6. The quantitative estimate of drug-likeness (QED) is 0.190. The highest BCUT2D eigenvalue weighted by Crippen LogP contribution is 2.32. The number of carbonyl (C=O) groups is 1. The normalized spacial score (nSPS) is 11.2. The highest BCUT2D eigenvalue weighted by Gasteiger charge is 2.16. The minimum Gasteiger partial charge on any atom is -0.323 e. The number of benzene rings is 3. The van der Waals surface area contributed by atoms with Crippen LogP contribution >= 0.6 is 43.6 Å². The molecule has 1 N–H and O–H groups in total. The SMILES string of the molecule is Cc1cc(Br)c(NC(=O)CSc2nc3ccccc3c(=O)n2-c2ccc(C(C)C)cc2)c(Br)c1. The zero-order valence-electron chi connectivity index (χ0n) is 18.9. The molecule has 34 heavy (non-hydrogen) atoms. The van der Waals surface area contributed by atoms with Gasteiger partial charge in [0.2, 0.25) is 5.91 Å². The summed E-state index contributed by atoms with van der Waals surface area (Å²) in [6.45, 7) is 6.24. The number of para-hydroxylation sites is 1. The molecule has 1 heterocycles. The van der Waals surface area contributed by atoms with E-state index in [0.29, 0.717) is 27.7 Å². The Hall–Kier alpha value is -2.42. The Bertz CT molecular complexity index is 1410. The van der Waals surface area contributed by atoms with Crippen molar-refractivity contribution < 1.29 is 4.79 Å². The van der Waals surface area contributed by atoms with Crippen LogP contribution in [0.5, 0.6) is 0 Å². The van der Waals surface area contributed by atoms with Crippen molar-refractivity contribution in [3.05, 3.63) is 91.1 Å². The number of anilines is 1. The van der Waals surface area contributed by atoms with E-state index in [4.69, 9.17) is 4.98 Å². The summed E-state index contributed by atoms with van der Waals surface area (Å²) in [7, 11) is 0. The van der Waals surface area contributed by atoms with E-state index in [2.05, 4.69) is 51.0 Å². The number of nitrogens with one attached hydrogen (secondary N) is 1. The number of carbonyl (C=O) groups excluding carboxylic acids is 1. The monoisotopic (exact) mass is 599 g/mol. The molecule has 0 aliphatic carbocycles. The van der Waals surface area contributed by atoms with Crippen LogP contribution in [-0.4, -0.2) is 21.2 Å². The van der Waals surface area contributed by atoms with Crippen molar-refractivity contribution in [2.75, 3.05) is 11.1 Å². The fourth-order valence-electron chi connectivity index (χ4n) is 3.57. The lowest BCUT2D eigenvalue weighted by Gasteiger charge is -2.15. The maximum atomic E-state index is 13.4. The summed E-state index contributed by atoms with van der Waals surface area (Å²) >= 11 is 8.25. The number of aryl methyl sites for hydroxylation is 1. The van der Waals surface area contributed by atoms with E-state index in [1.807, 2.05) is 61.5 Å². The van der Waals surface area contributed by atoms with Crippen LogP contribution in [0.3, 0.4) is 0 Å². The average molecular weight is 601 g/mol. The Labute approximate surface area is 219 Å². The Morgan fingerprint density at radius 2 is 1.71 bits per heavy atom. The first-order valence-corrected chi connectivity index (χ1v) is 13.3. The van der Waals surface area contributed by atoms with Gasteiger partial charge in [-0.15, -0.1) is 0 Å². The van der Waals surface area contributed by atoms with Crippen molar-refractivity contribution in [3.63, 3.8) is 0 Å². The van der Waals surface area contributed by atoms with Crippen molar-refractivity contribution in [2.45, 2.75) is 31.8 Å². The number of amides is 1. The molecule has 0 saturated carbocycles. The van der Waals surface area contributed by atoms with Gasteiger partial charge in [0.1, 0.15) is 0 Å². The summed E-state index contributed by atoms with van der Waals surface area (Å²) in [6.07, 6.45) is 0. The molecule has 0 aliphatic heterocycles. The van der Waals surface area contributed by atoms with Gasteiger partial charge in [-0.05, 0) is 92.2 Å². The highest BCUT2D eigenvalue weighted by atomic mass is 79.9. The van der Waals surface area contributed by atoms with Gasteiger partial charge < -0.3 is 5.32 Å². The molecule has 4 rings (SSSR count). The van der Waals surface area contributed by atoms with Gasteiger partial charge in [0.05, 0.1) is 28.0 Å². The molecule has 1 amide bonds. The molecule has 174 valence electrons. The van der Waals surface area contributed by atoms with E-state index in [1.165, 1.54) is 17.3 Å². The lowest BCUT2D eigenvalue weighted by molar-refractivity contribution is -0.113. The second-order valence-corrected chi connectivity index (χ2v) is 10.9. The third-order valence-electron chi connectivity index (χ3n) is 5.35. The van der Waals surface area contributed by atoms with E-state index in [-0.39, 0.29) is 17.2 Å². The molecule has 0 bridgehead atoms. The van der Waals surface area contributed by atoms with Crippen molar-refractivity contribution in [1.82, 2.24) is 9.55 Å². The standard InChI is InChI=1S/C26H23Br2N3O2S/c1-15(2)17-8-10-18(11-9-17)31-25(33)19-6-4-5-7-22(19)29-26(31)34-14-23(32)30-24-20(27)12-16(3)13-21(24)28/h4-13,15H,14H2,1-3H3,(H,30,32). The summed E-state index contributed by atoms with van der Waals surface area (Å²) in [6, 6.07) is 19.1. The third kappa shape index (κ3) is 5.29. The summed E-state index contributed by atoms with van der Waals surface area (Å²) in [5.41, 5.74) is 4.10. The van der Waals surface area contributed by atoms with E-state index >= 15 is 0 Å². The van der Waals surface area contributed by atoms with E-state index in [1.54, 1.807) is 10.6 Å². The number of nitrogens with zero attached hydrogens (tertiary/aromatic N) is 2. The largest absolute Gasteiger partial charge is 0.323 e. The number of hydrogen-bond donors (Lipinski definition) is 1. The number of thioether (sulfide) groups is 1. The van der Waals surface area contributed by atoms with Crippen LogP contribution in [0.2, 0.25) is 0 Å². The lowest BCUT2D eigenvalue weighted by atomic mass is 10.0. The Morgan fingerprint density at radius 3 is 2.35 bits per heavy atom. The second-order valence-electron chi connectivity index (χ2n) is 8.24. The molecule has 5 nitrogen and oxygen atoms in total. The molecule has 0 saturated heterocycles. The smallest absolute Gasteiger partial charge is 0.266 e. The first kappa shape index (κ1) is 24.7. The topological polar surface area (TPSA) is 64.0 Å². The average Bonchev–Trinajstić information content (AvgIpc) is 2.80. The highest BCUT2D eigenvalue weighted by molar-refractivity contribution is 9.11. The summed E-state index contributed by atoms with van der Waals surface area (Å²) in [4.78, 5) is 30.9. The number of aromatic nitrogens is 2. The molecule has 0 aliphatic rings. The minimum absolute atomic E-state index is 0.0988. The number of fused-ring (bicyclic) bond motifs is 1. The van der Waals surface area contributed by atoms with E-state index in [9.17, 15) is 9.59 Å². The van der Waals surface area contributed by atoms with Crippen LogP contribution in [0.1, 0.15) is 30.9 Å². The first-order chi connectivity index (χ1) is 16.2. The summed E-state index contributed by atoms with van der Waals surface area (Å²) < 4.78 is 3.18. The summed E-state index contributed by atoms with van der Waals surface area (Å²) in [5.74, 6) is 0.291. The van der Waals surface area contributed by atoms with Crippen molar-refractivity contribution in [1.29, 1.82) is 0 Å². The van der Waals surface area contributed by atoms with Crippen molar-refractivity contribution >= 4 is 66.1 Å². The molecular formula is C26H23Br2N3O2S. The Kier molecular flexibility index (Phi) is 7.60. The first-order valence-electron chi connectivity index (χ1n) is 10.7. The molecule has 3 aromatic carbocycles. The van der Waals surface area contributed by atoms with E-state index < -0.39 is 0 Å². The van der Waals surface area contributed by atoms with Gasteiger partial charge in [0.15, 0.2) is 5.16 Å². The van der Waals surface area contributed by atoms with Crippen LogP contribution in [-0.2, 0) is 4.79 Å². The fourth-order valence-corrected chi connectivity index (χ4v) is 6.00. The molecule has 0 spiro atoms. The molecular weight excluding hydrogens is 578 g/mol. The van der Waals surface area contributed by atoms with Crippen LogP contribution < -0.4 is 10.9 Å². The molecule has 0 radical (unpaired) electrons. The van der Waals surface area contributed by atoms with Gasteiger partial charge in [-0.1, -0.05) is 49.9 Å². The van der Waals surface area contributed by atoms with Gasteiger partial charge in [-0.3, -0.25) is 14.2 Å². The van der Waals surface area contributed by atoms with Crippen LogP contribution in [0, 0.1) is 6.92 Å². The maximum absolute atomic E-state index is 13.4. The minimum atomic E-state index is -0.195. The fraction of sp³-hybridized carbons (Fsp3) is 0.192. The number of halogens is 2. The number of hydrogen-bond acceptors (Lipinski definition) is 4. The zero-order valence-corrected chi connectivity index (χ0v) is 22.9. The van der Waals surface area contributed by atoms with Crippen molar-refractivity contribution in [3.8, 4) is 5.69 Å². The predicted octanol–water partition coefficient (Wildman–Crippen LogP) is 7.07. The molecule has 0 fully saturated rings. The molecule has 8 heteroatoms. The lowest BCUT2D eigenvalue weighted by Crippen LogP contribution is -2.23. The third-order valence-corrected chi connectivity index (χ3v) is 7.54. The molecule has 4 aromatic rings. The Balaban J connectivity index is 1.67. The molecule has 0 unspecified atom stereocenters. The molecule has 0 atom stereocenters. The summed E-state index contributed by atoms with van der Waals surface area (Å²) in [5, 5.41) is 3.95.